The van der Waals surface area contributed by atoms with Crippen LogP contribution in [0.4, 0.5) is 0 Å². The molecule has 0 aromatic heterocycles. The summed E-state index contributed by atoms with van der Waals surface area (Å²) >= 11 is 0. The van der Waals surface area contributed by atoms with Crippen LogP contribution in [0, 0.1) is 0 Å². The largest absolute Gasteiger partial charge is 0.397 e. The second kappa shape index (κ2) is 8.57. The number of rotatable bonds is 8. The molecular formula is C8H15NO15S3. The van der Waals surface area contributed by atoms with Crippen LogP contribution in [-0.2, 0) is 53.3 Å². The summed E-state index contributed by atoms with van der Waals surface area (Å²) in [7, 11) is -15.8. The van der Waals surface area contributed by atoms with E-state index in [0.29, 0.717) is 0 Å². The van der Waals surface area contributed by atoms with E-state index in [0.717, 1.165) is 6.92 Å². The molecule has 1 aliphatic heterocycles. The molecule has 5 N–H and O–H groups in total. The smallest absolute Gasteiger partial charge is 0.366 e. The first-order chi connectivity index (χ1) is 12.0. The third-order valence-electron chi connectivity index (χ3n) is 2.88. The molecule has 1 fully saturated rings. The average molecular weight is 461 g/mol. The van der Waals surface area contributed by atoms with E-state index >= 15 is 0 Å². The Morgan fingerprint density at radius 1 is 0.963 bits per heavy atom. The molecule has 1 amide bonds. The fraction of sp³-hybridized carbons (Fsp3) is 0.875. The van der Waals surface area contributed by atoms with Gasteiger partial charge in [0.05, 0.1) is 6.61 Å². The summed E-state index contributed by atoms with van der Waals surface area (Å²) in [6.45, 7) is -0.350. The lowest BCUT2D eigenvalue weighted by atomic mass is 9.97. The number of hydrogen-bond donors (Lipinski definition) is 5. The van der Waals surface area contributed by atoms with Crippen LogP contribution in [-0.4, -0.2) is 87.2 Å². The highest BCUT2D eigenvalue weighted by Crippen LogP contribution is 2.27. The molecule has 160 valence electrons. The van der Waals surface area contributed by atoms with Gasteiger partial charge in [0.15, 0.2) is 6.29 Å². The van der Waals surface area contributed by atoms with E-state index in [9.17, 15) is 35.2 Å². The van der Waals surface area contributed by atoms with E-state index in [1.54, 1.807) is 0 Å². The first-order valence-corrected chi connectivity index (χ1v) is 10.6. The zero-order valence-electron chi connectivity index (χ0n) is 13.1. The molecule has 0 aromatic carbocycles. The van der Waals surface area contributed by atoms with Crippen LogP contribution in [0.3, 0.4) is 0 Å². The summed E-state index contributed by atoms with van der Waals surface area (Å²) in [5.41, 5.74) is 0. The lowest BCUT2D eigenvalue weighted by Gasteiger charge is -2.42. The molecule has 0 radical (unpaired) electrons. The van der Waals surface area contributed by atoms with Crippen molar-refractivity contribution in [1.29, 1.82) is 0 Å². The quantitative estimate of drug-likeness (QED) is 0.219. The third kappa shape index (κ3) is 8.69. The number of amides is 1. The van der Waals surface area contributed by atoms with Gasteiger partial charge in [-0.15, -0.1) is 0 Å². The van der Waals surface area contributed by atoms with Crippen molar-refractivity contribution in [2.24, 2.45) is 0 Å². The molecule has 1 saturated heterocycles. The van der Waals surface area contributed by atoms with Gasteiger partial charge in [-0.1, -0.05) is 0 Å². The topological polar surface area (TPSA) is 249 Å². The molecule has 1 aliphatic rings. The number of hydrogen-bond acceptors (Lipinski definition) is 12. The number of ether oxygens (including phenoxy) is 1. The number of carbonyl (C=O) groups excluding carboxylic acids is 1. The Labute approximate surface area is 153 Å². The summed E-state index contributed by atoms with van der Waals surface area (Å²) < 4.78 is 109. The minimum atomic E-state index is -5.37. The van der Waals surface area contributed by atoms with Gasteiger partial charge in [-0.3, -0.25) is 18.5 Å². The van der Waals surface area contributed by atoms with Gasteiger partial charge >= 0.3 is 31.2 Å². The molecule has 0 spiro atoms. The molecule has 5 atom stereocenters. The second-order valence-corrected chi connectivity index (χ2v) is 8.17. The normalized spacial score (nSPS) is 30.0. The zero-order chi connectivity index (χ0) is 21.2. The lowest BCUT2D eigenvalue weighted by molar-refractivity contribution is -0.242. The van der Waals surface area contributed by atoms with Crippen molar-refractivity contribution in [1.82, 2.24) is 5.32 Å². The zero-order valence-corrected chi connectivity index (χ0v) is 15.5. The van der Waals surface area contributed by atoms with Crippen LogP contribution in [0.2, 0.25) is 0 Å². The molecule has 19 heteroatoms. The van der Waals surface area contributed by atoms with E-state index in [1.165, 1.54) is 0 Å². The summed E-state index contributed by atoms with van der Waals surface area (Å²) in [6.07, 6.45) is -8.70. The van der Waals surface area contributed by atoms with E-state index in [2.05, 4.69) is 12.5 Å². The van der Waals surface area contributed by atoms with E-state index in [4.69, 9.17) is 18.4 Å². The van der Waals surface area contributed by atoms with Gasteiger partial charge in [0.25, 0.3) is 0 Å². The van der Waals surface area contributed by atoms with Gasteiger partial charge in [-0.05, 0) is 0 Å². The molecule has 1 heterocycles. The number of aliphatic hydroxyl groups is 1. The van der Waals surface area contributed by atoms with E-state index in [1.807, 2.05) is 5.32 Å². The van der Waals surface area contributed by atoms with Crippen molar-refractivity contribution in [2.75, 3.05) is 6.61 Å². The van der Waals surface area contributed by atoms with Crippen LogP contribution in [0.5, 0.6) is 0 Å². The minimum Gasteiger partial charge on any atom is -0.366 e. The van der Waals surface area contributed by atoms with Crippen molar-refractivity contribution in [3.8, 4) is 0 Å². The summed E-state index contributed by atoms with van der Waals surface area (Å²) in [5, 5.41) is 11.8. The van der Waals surface area contributed by atoms with Gasteiger partial charge < -0.3 is 15.2 Å². The summed E-state index contributed by atoms with van der Waals surface area (Å²) in [6, 6.07) is -1.88. The molecule has 0 aliphatic carbocycles. The molecule has 0 unspecified atom stereocenters. The average Bonchev–Trinajstić information content (AvgIpc) is 2.40. The van der Waals surface area contributed by atoms with Gasteiger partial charge in [-0.2, -0.15) is 25.3 Å². The van der Waals surface area contributed by atoms with Crippen molar-refractivity contribution < 1.29 is 66.1 Å². The highest BCUT2D eigenvalue weighted by atomic mass is 32.3. The third-order valence-corrected chi connectivity index (χ3v) is 4.25. The van der Waals surface area contributed by atoms with Gasteiger partial charge in [-0.25, -0.2) is 12.5 Å². The first kappa shape index (κ1) is 24.0. The predicted molar refractivity (Wildman–Crippen MR) is 78.8 cm³/mol. The maximum atomic E-state index is 11.2. The Bertz CT molecular complexity index is 847. The Kier molecular flexibility index (Phi) is 7.63. The van der Waals surface area contributed by atoms with Crippen LogP contribution >= 0.6 is 0 Å². The molecule has 0 bridgehead atoms. The standard InChI is InChI=1S/C8H15NO15S3/c1-3(10)9-5-7(24-27(18,19)20)6(23-26(15,16)17)4(22-8(5)11)2-21-25(12,13)14/h4-8,11H,2H2,1H3,(H,9,10)(H,12,13,14)(H,15,16,17)(H,18,19,20)/t4-,5-,6+,7-,8-/m1/s1. The van der Waals surface area contributed by atoms with Gasteiger partial charge in [0.1, 0.15) is 24.4 Å². The Morgan fingerprint density at radius 2 is 1.44 bits per heavy atom. The van der Waals surface area contributed by atoms with Gasteiger partial charge in [0, 0.05) is 6.92 Å². The van der Waals surface area contributed by atoms with Crippen molar-refractivity contribution in [3.05, 3.63) is 0 Å². The van der Waals surface area contributed by atoms with Crippen LogP contribution < -0.4 is 5.32 Å². The maximum absolute atomic E-state index is 11.2. The molecule has 0 aromatic rings. The van der Waals surface area contributed by atoms with Gasteiger partial charge in [0.2, 0.25) is 5.91 Å². The molecule has 27 heavy (non-hydrogen) atoms. The fourth-order valence-electron chi connectivity index (χ4n) is 2.11. The van der Waals surface area contributed by atoms with Crippen LogP contribution in [0.25, 0.3) is 0 Å². The highest BCUT2D eigenvalue weighted by molar-refractivity contribution is 7.81. The number of aliphatic hydroxyl groups excluding tert-OH is 1. The number of nitrogens with one attached hydrogen (secondary N) is 1. The van der Waals surface area contributed by atoms with E-state index in [-0.39, 0.29) is 0 Å². The lowest BCUT2D eigenvalue weighted by Crippen LogP contribution is -2.66. The highest BCUT2D eigenvalue weighted by Gasteiger charge is 2.51. The second-order valence-electron chi connectivity index (χ2n) is 4.98. The predicted octanol–water partition coefficient (Wildman–Crippen LogP) is -3.60. The fourth-order valence-corrected chi connectivity index (χ4v) is 3.44. The van der Waals surface area contributed by atoms with E-state index < -0.39 is 74.4 Å². The summed E-state index contributed by atoms with van der Waals surface area (Å²) in [4.78, 5) is 11.2. The monoisotopic (exact) mass is 461 g/mol. The molecular weight excluding hydrogens is 446 g/mol. The maximum Gasteiger partial charge on any atom is 0.397 e. The molecule has 1 rings (SSSR count). The van der Waals surface area contributed by atoms with Crippen molar-refractivity contribution in [3.63, 3.8) is 0 Å². The molecule has 0 saturated carbocycles. The van der Waals surface area contributed by atoms with Crippen molar-refractivity contribution in [2.45, 2.75) is 37.6 Å². The van der Waals surface area contributed by atoms with Crippen LogP contribution in [0.1, 0.15) is 6.92 Å². The van der Waals surface area contributed by atoms with Crippen LogP contribution in [0.15, 0.2) is 0 Å². The minimum absolute atomic E-state index is 0.898. The molecule has 16 nitrogen and oxygen atoms in total. The van der Waals surface area contributed by atoms with Crippen molar-refractivity contribution >= 4 is 37.1 Å². The number of carbonyl (C=O) groups is 1. The first-order valence-electron chi connectivity index (χ1n) is 6.52. The SMILES string of the molecule is CC(=O)N[C@@H]1[C@@H](OS(=O)(=O)O)[C@@H](OS(=O)(=O)O)[C@@H](COS(=O)(=O)O)O[C@H]1O. The summed E-state index contributed by atoms with van der Waals surface area (Å²) in [5.74, 6) is -0.898. The Balaban J connectivity index is 3.34. The Hall–Kier alpha value is -1.00. The Morgan fingerprint density at radius 3 is 1.85 bits per heavy atom.